The van der Waals surface area contributed by atoms with E-state index in [-0.39, 0.29) is 5.91 Å². The van der Waals surface area contributed by atoms with E-state index in [0.717, 1.165) is 35.0 Å². The van der Waals surface area contributed by atoms with Crippen LogP contribution >= 0.6 is 0 Å². The summed E-state index contributed by atoms with van der Waals surface area (Å²) in [6.07, 6.45) is 2.36. The summed E-state index contributed by atoms with van der Waals surface area (Å²) in [5.41, 5.74) is 2.48. The lowest BCUT2D eigenvalue weighted by Gasteiger charge is -2.22. The summed E-state index contributed by atoms with van der Waals surface area (Å²) in [6.45, 7) is 4.40. The number of aromatic nitrogens is 4. The molecule has 2 heterocycles. The van der Waals surface area contributed by atoms with E-state index in [2.05, 4.69) is 22.2 Å². The van der Waals surface area contributed by atoms with E-state index in [1.807, 2.05) is 61.5 Å². The van der Waals surface area contributed by atoms with Gasteiger partial charge >= 0.3 is 0 Å². The Hall–Kier alpha value is -3.28. The number of rotatable bonds is 6. The van der Waals surface area contributed by atoms with Gasteiger partial charge in [-0.1, -0.05) is 55.8 Å². The van der Waals surface area contributed by atoms with Crippen molar-refractivity contribution >= 4 is 28.0 Å². The molecule has 0 bridgehead atoms. The van der Waals surface area contributed by atoms with Gasteiger partial charge in [-0.05, 0) is 25.5 Å². The number of carbonyl (C=O) groups excluding carboxylic acids is 1. The number of fused-ring (bicyclic) bond motifs is 3. The summed E-state index contributed by atoms with van der Waals surface area (Å²) in [6, 6.07) is 17.8. The largest absolute Gasteiger partial charge is 0.305 e. The number of benzene rings is 2. The molecule has 0 saturated heterocycles. The van der Waals surface area contributed by atoms with Gasteiger partial charge in [0.15, 0.2) is 11.5 Å². The summed E-state index contributed by atoms with van der Waals surface area (Å²) in [5.74, 6) is 0.736. The number of aryl methyl sites for hydroxylation is 1. The SMILES string of the molecule is CCCCC(=O)N(Cc1nnc2c3ccccc3c(C)nn12)c1ccccc1. The molecule has 6 nitrogen and oxygen atoms in total. The molecule has 0 atom stereocenters. The van der Waals surface area contributed by atoms with Crippen LogP contribution in [0.1, 0.15) is 37.7 Å². The molecule has 4 aromatic rings. The zero-order valence-electron chi connectivity index (χ0n) is 16.2. The van der Waals surface area contributed by atoms with E-state index in [4.69, 9.17) is 0 Å². The van der Waals surface area contributed by atoms with Gasteiger partial charge in [-0.15, -0.1) is 10.2 Å². The normalized spacial score (nSPS) is 11.2. The van der Waals surface area contributed by atoms with Crippen LogP contribution in [0.2, 0.25) is 0 Å². The Labute approximate surface area is 163 Å². The van der Waals surface area contributed by atoms with Crippen LogP contribution in [0.5, 0.6) is 0 Å². The number of amides is 1. The molecule has 0 spiro atoms. The van der Waals surface area contributed by atoms with Crippen LogP contribution in [0.15, 0.2) is 54.6 Å². The van der Waals surface area contributed by atoms with Crippen LogP contribution in [0, 0.1) is 6.92 Å². The van der Waals surface area contributed by atoms with Gasteiger partial charge in [0.2, 0.25) is 5.91 Å². The van der Waals surface area contributed by atoms with E-state index < -0.39 is 0 Å². The van der Waals surface area contributed by atoms with Crippen molar-refractivity contribution in [2.24, 2.45) is 0 Å². The minimum Gasteiger partial charge on any atom is -0.305 e. The fourth-order valence-electron chi connectivity index (χ4n) is 3.42. The number of para-hydroxylation sites is 1. The van der Waals surface area contributed by atoms with E-state index in [1.165, 1.54) is 0 Å². The average Bonchev–Trinajstić information content (AvgIpc) is 3.13. The first-order chi connectivity index (χ1) is 13.7. The van der Waals surface area contributed by atoms with Gasteiger partial charge in [0.1, 0.15) is 0 Å². The number of hydrogen-bond acceptors (Lipinski definition) is 4. The second-order valence-electron chi connectivity index (χ2n) is 6.90. The first-order valence-electron chi connectivity index (χ1n) is 9.64. The van der Waals surface area contributed by atoms with Crippen molar-refractivity contribution in [2.75, 3.05) is 4.90 Å². The molecule has 2 aromatic carbocycles. The Bertz CT molecular complexity index is 1120. The molecule has 0 fully saturated rings. The second-order valence-corrected chi connectivity index (χ2v) is 6.90. The average molecular weight is 373 g/mol. The fraction of sp³-hybridized carbons (Fsp3) is 0.273. The lowest BCUT2D eigenvalue weighted by Crippen LogP contribution is -2.31. The molecule has 0 aliphatic heterocycles. The van der Waals surface area contributed by atoms with Crippen LogP contribution in [0.3, 0.4) is 0 Å². The lowest BCUT2D eigenvalue weighted by atomic mass is 10.1. The Morgan fingerprint density at radius 1 is 1.00 bits per heavy atom. The highest BCUT2D eigenvalue weighted by atomic mass is 16.2. The molecule has 142 valence electrons. The van der Waals surface area contributed by atoms with Gasteiger partial charge < -0.3 is 4.90 Å². The molecule has 0 N–H and O–H groups in total. The van der Waals surface area contributed by atoms with Crippen molar-refractivity contribution in [3.63, 3.8) is 0 Å². The molecule has 4 rings (SSSR count). The van der Waals surface area contributed by atoms with Crippen LogP contribution in [0.25, 0.3) is 16.4 Å². The molecule has 6 heteroatoms. The number of nitrogens with zero attached hydrogens (tertiary/aromatic N) is 5. The lowest BCUT2D eigenvalue weighted by molar-refractivity contribution is -0.118. The zero-order valence-corrected chi connectivity index (χ0v) is 16.2. The van der Waals surface area contributed by atoms with Crippen LogP contribution in [0.4, 0.5) is 5.69 Å². The van der Waals surface area contributed by atoms with E-state index in [9.17, 15) is 4.79 Å². The summed E-state index contributed by atoms with van der Waals surface area (Å²) < 4.78 is 1.76. The van der Waals surface area contributed by atoms with E-state index in [1.54, 1.807) is 9.42 Å². The Morgan fingerprint density at radius 2 is 1.71 bits per heavy atom. The summed E-state index contributed by atoms with van der Waals surface area (Å²) in [5, 5.41) is 15.5. The third-order valence-electron chi connectivity index (χ3n) is 4.93. The number of hydrogen-bond donors (Lipinski definition) is 0. The van der Waals surface area contributed by atoms with Gasteiger partial charge in [0.25, 0.3) is 0 Å². The third-order valence-corrected chi connectivity index (χ3v) is 4.93. The number of carbonyl (C=O) groups is 1. The van der Waals surface area contributed by atoms with Crippen LogP contribution < -0.4 is 4.90 Å². The topological polar surface area (TPSA) is 63.4 Å². The highest BCUT2D eigenvalue weighted by Crippen LogP contribution is 2.23. The van der Waals surface area contributed by atoms with Gasteiger partial charge in [0.05, 0.1) is 12.2 Å². The molecular formula is C22H23N5O. The fourth-order valence-corrected chi connectivity index (χ4v) is 3.42. The molecule has 2 aromatic heterocycles. The molecule has 0 aliphatic carbocycles. The van der Waals surface area contributed by atoms with Crippen LogP contribution in [-0.4, -0.2) is 25.7 Å². The monoisotopic (exact) mass is 373 g/mol. The van der Waals surface area contributed by atoms with Crippen molar-refractivity contribution in [1.82, 2.24) is 19.8 Å². The number of anilines is 1. The smallest absolute Gasteiger partial charge is 0.227 e. The molecule has 0 saturated carbocycles. The summed E-state index contributed by atoms with van der Waals surface area (Å²) in [7, 11) is 0. The molecule has 0 unspecified atom stereocenters. The minimum atomic E-state index is 0.0855. The maximum absolute atomic E-state index is 12.9. The van der Waals surface area contributed by atoms with Gasteiger partial charge in [0, 0.05) is 22.9 Å². The molecule has 0 aliphatic rings. The Morgan fingerprint density at radius 3 is 2.46 bits per heavy atom. The van der Waals surface area contributed by atoms with E-state index in [0.29, 0.717) is 24.4 Å². The Balaban J connectivity index is 1.76. The van der Waals surface area contributed by atoms with Gasteiger partial charge in [-0.3, -0.25) is 4.79 Å². The standard InChI is InChI=1S/C22H23N5O/c1-3-4-14-21(28)26(17-10-6-5-7-11-17)15-20-23-24-22-19-13-9-8-12-18(19)16(2)25-27(20)22/h5-13H,3-4,14-15H2,1-2H3. The summed E-state index contributed by atoms with van der Waals surface area (Å²) in [4.78, 5) is 14.7. The van der Waals surface area contributed by atoms with Crippen LogP contribution in [-0.2, 0) is 11.3 Å². The predicted octanol–water partition coefficient (Wildman–Crippen LogP) is 4.31. The zero-order chi connectivity index (χ0) is 19.5. The molecular weight excluding hydrogens is 350 g/mol. The van der Waals surface area contributed by atoms with Crippen molar-refractivity contribution in [3.8, 4) is 0 Å². The van der Waals surface area contributed by atoms with Gasteiger partial charge in [-0.2, -0.15) is 9.61 Å². The number of unbranched alkanes of at least 4 members (excludes halogenated alkanes) is 1. The summed E-state index contributed by atoms with van der Waals surface area (Å²) >= 11 is 0. The quantitative estimate of drug-likeness (QED) is 0.505. The highest BCUT2D eigenvalue weighted by Gasteiger charge is 2.20. The maximum Gasteiger partial charge on any atom is 0.227 e. The minimum absolute atomic E-state index is 0.0855. The van der Waals surface area contributed by atoms with Crippen molar-refractivity contribution in [1.29, 1.82) is 0 Å². The van der Waals surface area contributed by atoms with Crippen molar-refractivity contribution in [2.45, 2.75) is 39.7 Å². The van der Waals surface area contributed by atoms with Crippen molar-refractivity contribution in [3.05, 3.63) is 66.1 Å². The van der Waals surface area contributed by atoms with E-state index >= 15 is 0 Å². The first-order valence-corrected chi connectivity index (χ1v) is 9.64. The molecule has 1 amide bonds. The Kier molecular flexibility index (Phi) is 5.02. The van der Waals surface area contributed by atoms with Crippen molar-refractivity contribution < 1.29 is 4.79 Å². The second kappa shape index (κ2) is 7.76. The maximum atomic E-state index is 12.9. The molecule has 28 heavy (non-hydrogen) atoms. The predicted molar refractivity (Wildman–Crippen MR) is 110 cm³/mol. The third kappa shape index (κ3) is 3.33. The first kappa shape index (κ1) is 18.1. The molecule has 0 radical (unpaired) electrons. The highest BCUT2D eigenvalue weighted by molar-refractivity contribution is 5.95. The van der Waals surface area contributed by atoms with Gasteiger partial charge in [-0.25, -0.2) is 0 Å².